The molecule has 3 aliphatic rings. The van der Waals surface area contributed by atoms with E-state index < -0.39 is 60.3 Å². The number of nitrogens with one attached hydrogen (secondary N) is 3. The molecule has 4 amide bonds. The van der Waals surface area contributed by atoms with Gasteiger partial charge in [0.05, 0.1) is 19.2 Å². The van der Waals surface area contributed by atoms with E-state index in [0.717, 1.165) is 17.7 Å². The van der Waals surface area contributed by atoms with Crippen molar-refractivity contribution < 1.29 is 41.3 Å². The lowest BCUT2D eigenvalue weighted by Crippen LogP contribution is -2.50. The number of pyridine rings is 1. The van der Waals surface area contributed by atoms with Crippen LogP contribution in [0.3, 0.4) is 0 Å². The van der Waals surface area contributed by atoms with Crippen LogP contribution in [-0.2, 0) is 9.53 Å². The van der Waals surface area contributed by atoms with Crippen molar-refractivity contribution in [2.75, 3.05) is 25.6 Å². The highest BCUT2D eigenvalue weighted by Gasteiger charge is 2.48. The molecule has 0 bridgehead atoms. The molecule has 3 heterocycles. The van der Waals surface area contributed by atoms with Crippen molar-refractivity contribution in [3.8, 4) is 0 Å². The van der Waals surface area contributed by atoms with Gasteiger partial charge in [0.15, 0.2) is 5.69 Å². The van der Waals surface area contributed by atoms with Crippen molar-refractivity contribution in [1.29, 1.82) is 0 Å². The zero-order valence-electron chi connectivity index (χ0n) is 23.6. The summed E-state index contributed by atoms with van der Waals surface area (Å²) in [5, 5.41) is 14.9. The Hall–Kier alpha value is -3.82. The number of urea groups is 1. The maximum absolute atomic E-state index is 14.6. The van der Waals surface area contributed by atoms with Crippen LogP contribution in [0.4, 0.5) is 28.2 Å². The summed E-state index contributed by atoms with van der Waals surface area (Å²) < 4.78 is 64.4. The number of ether oxygens (including phenoxy) is 1. The quantitative estimate of drug-likeness (QED) is 0.345. The number of methoxy groups -OCH3 is 1. The summed E-state index contributed by atoms with van der Waals surface area (Å²) >= 11 is 0. The Labute approximate surface area is 244 Å². The highest BCUT2D eigenvalue weighted by Crippen LogP contribution is 2.40. The zero-order chi connectivity index (χ0) is 30.9. The Morgan fingerprint density at radius 3 is 2.58 bits per heavy atom. The van der Waals surface area contributed by atoms with Crippen molar-refractivity contribution in [1.82, 2.24) is 30.8 Å². The zero-order valence-corrected chi connectivity index (χ0v) is 23.6. The van der Waals surface area contributed by atoms with E-state index in [9.17, 15) is 31.9 Å². The number of nitrogens with zero attached hydrogens (tertiary/aromatic N) is 4. The Kier molecular flexibility index (Phi) is 8.58. The average molecular weight is 612 g/mol. The number of anilines is 1. The monoisotopic (exact) mass is 611 g/mol. The normalized spacial score (nSPS) is 25.6. The second kappa shape index (κ2) is 12.1. The van der Waals surface area contributed by atoms with Crippen molar-refractivity contribution in [3.05, 3.63) is 35.3 Å². The summed E-state index contributed by atoms with van der Waals surface area (Å²) in [6.45, 7) is 0.764. The molecule has 16 heteroatoms. The van der Waals surface area contributed by atoms with E-state index in [1.165, 1.54) is 32.4 Å². The Morgan fingerprint density at radius 2 is 1.95 bits per heavy atom. The molecule has 1 unspecified atom stereocenters. The Bertz CT molecular complexity index is 1340. The second-order valence-electron chi connectivity index (χ2n) is 11.6. The number of carbonyl (C=O) groups is 3. The molecule has 1 saturated heterocycles. The minimum Gasteiger partial charge on any atom is -0.382 e. The third-order valence-corrected chi connectivity index (χ3v) is 8.26. The van der Waals surface area contributed by atoms with Gasteiger partial charge in [-0.15, -0.1) is 0 Å². The molecule has 12 nitrogen and oxygen atoms in total. The van der Waals surface area contributed by atoms with Crippen LogP contribution in [0.2, 0.25) is 0 Å². The number of alkyl halides is 4. The van der Waals surface area contributed by atoms with Gasteiger partial charge in [-0.05, 0) is 74.2 Å². The summed E-state index contributed by atoms with van der Waals surface area (Å²) in [5.41, 5.74) is -0.584. The number of hydrogen-bond acceptors (Lipinski definition) is 8. The topological polar surface area (TPSA) is 152 Å². The summed E-state index contributed by atoms with van der Waals surface area (Å²) in [6.07, 6.45) is -0.500. The van der Waals surface area contributed by atoms with Crippen LogP contribution in [0, 0.1) is 5.92 Å². The molecule has 0 aromatic carbocycles. The van der Waals surface area contributed by atoms with E-state index in [2.05, 4.69) is 25.9 Å². The summed E-state index contributed by atoms with van der Waals surface area (Å²) in [7, 11) is 1.35. The third-order valence-electron chi connectivity index (χ3n) is 8.26. The van der Waals surface area contributed by atoms with Gasteiger partial charge >= 0.3 is 12.2 Å². The number of amides is 4. The number of hydrogen-bond donors (Lipinski definition) is 3. The molecule has 0 radical (unpaired) electrons. The van der Waals surface area contributed by atoms with Crippen LogP contribution in [0.1, 0.15) is 79.2 Å². The number of aromatic nitrogens is 3. The highest BCUT2D eigenvalue weighted by molar-refractivity contribution is 6.00. The molecule has 3 atom stereocenters. The van der Waals surface area contributed by atoms with Gasteiger partial charge in [-0.3, -0.25) is 9.59 Å². The highest BCUT2D eigenvalue weighted by atomic mass is 19.4. The summed E-state index contributed by atoms with van der Waals surface area (Å²) in [4.78, 5) is 44.5. The lowest BCUT2D eigenvalue weighted by Gasteiger charge is -2.35. The predicted molar refractivity (Wildman–Crippen MR) is 142 cm³/mol. The lowest BCUT2D eigenvalue weighted by molar-refractivity contribution is -0.150. The number of carbonyl (C=O) groups excluding carboxylic acids is 3. The molecule has 1 aliphatic heterocycles. The molecular formula is C27H33F4N7O5. The van der Waals surface area contributed by atoms with Crippen LogP contribution in [-0.4, -0.2) is 82.2 Å². The van der Waals surface area contributed by atoms with E-state index in [1.807, 2.05) is 5.32 Å². The first-order valence-corrected chi connectivity index (χ1v) is 14.1. The van der Waals surface area contributed by atoms with Gasteiger partial charge in [0.1, 0.15) is 29.3 Å². The summed E-state index contributed by atoms with van der Waals surface area (Å²) in [6, 6.07) is -1.99. The lowest BCUT2D eigenvalue weighted by atomic mass is 9.77. The fourth-order valence-corrected chi connectivity index (χ4v) is 5.62. The molecule has 43 heavy (non-hydrogen) atoms. The molecule has 0 spiro atoms. The van der Waals surface area contributed by atoms with E-state index in [0.29, 0.717) is 24.1 Å². The average Bonchev–Trinajstić information content (AvgIpc) is 3.53. The second-order valence-corrected chi connectivity index (χ2v) is 11.6. The standard InChI is InChI=1S/C27H33F4N7O5/c1-26(28)8-5-15(6-9-26)21(35-24(40)22-20(14-3-4-14)36-43-37-22)23(39)34-19-11-16(7-10-32-19)17(13-42-2)38-12-18(27(29,30)31)33-25(38)41/h7,10-11,14-15,17-18,21H,3-6,8-9,12-13H2,1-2H3,(H,33,41)(H,35,40)(H,32,34,39)/t15?,17-,18+,21?,26?/m1/s1. The van der Waals surface area contributed by atoms with Gasteiger partial charge in [0.25, 0.3) is 5.91 Å². The smallest absolute Gasteiger partial charge is 0.382 e. The van der Waals surface area contributed by atoms with Crippen molar-refractivity contribution in [2.45, 2.75) is 81.3 Å². The van der Waals surface area contributed by atoms with Gasteiger partial charge in [0, 0.05) is 19.2 Å². The SMILES string of the molecule is COC[C@H](c1ccnc(NC(=O)C(NC(=O)c2nonc2C2CC2)C2CCC(C)(F)CC2)c1)N1C[C@@H](C(F)(F)F)NC1=O. The third kappa shape index (κ3) is 7.05. The summed E-state index contributed by atoms with van der Waals surface area (Å²) in [5.74, 6) is -1.54. The van der Waals surface area contributed by atoms with E-state index in [-0.39, 0.29) is 36.9 Å². The Morgan fingerprint density at radius 1 is 1.23 bits per heavy atom. The molecule has 2 saturated carbocycles. The number of halogens is 4. The van der Waals surface area contributed by atoms with Gasteiger partial charge in [-0.2, -0.15) is 13.2 Å². The fourth-order valence-electron chi connectivity index (χ4n) is 5.62. The molecule has 2 aromatic rings. The fraction of sp³-hybridized carbons (Fsp3) is 0.630. The van der Waals surface area contributed by atoms with Crippen LogP contribution in [0.25, 0.3) is 0 Å². The van der Waals surface area contributed by atoms with Crippen LogP contribution in [0.5, 0.6) is 0 Å². The van der Waals surface area contributed by atoms with Crippen molar-refractivity contribution >= 4 is 23.7 Å². The first-order chi connectivity index (χ1) is 20.4. The maximum Gasteiger partial charge on any atom is 0.410 e. The molecule has 234 valence electrons. The number of rotatable bonds is 10. The largest absolute Gasteiger partial charge is 0.410 e. The van der Waals surface area contributed by atoms with Crippen molar-refractivity contribution in [3.63, 3.8) is 0 Å². The first-order valence-electron chi connectivity index (χ1n) is 14.1. The van der Waals surface area contributed by atoms with Crippen LogP contribution >= 0.6 is 0 Å². The molecule has 3 fully saturated rings. The molecule has 2 aromatic heterocycles. The minimum atomic E-state index is -4.63. The van der Waals surface area contributed by atoms with E-state index in [4.69, 9.17) is 9.37 Å². The van der Waals surface area contributed by atoms with Crippen molar-refractivity contribution in [2.24, 2.45) is 5.92 Å². The van der Waals surface area contributed by atoms with E-state index >= 15 is 0 Å². The van der Waals surface area contributed by atoms with Crippen LogP contribution in [0.15, 0.2) is 23.0 Å². The molecular weight excluding hydrogens is 578 g/mol. The van der Waals surface area contributed by atoms with Gasteiger partial charge < -0.3 is 25.6 Å². The molecule has 5 rings (SSSR count). The van der Waals surface area contributed by atoms with Gasteiger partial charge in [0.2, 0.25) is 5.91 Å². The van der Waals surface area contributed by atoms with Gasteiger partial charge in [-0.25, -0.2) is 18.8 Å². The minimum absolute atomic E-state index is 0.00461. The predicted octanol–water partition coefficient (Wildman–Crippen LogP) is 3.64. The van der Waals surface area contributed by atoms with Gasteiger partial charge in [-0.1, -0.05) is 5.16 Å². The Balaban J connectivity index is 1.35. The first kappa shape index (κ1) is 30.6. The molecule has 2 aliphatic carbocycles. The maximum atomic E-state index is 14.6. The molecule has 3 N–H and O–H groups in total. The van der Waals surface area contributed by atoms with E-state index in [1.54, 1.807) is 0 Å². The van der Waals surface area contributed by atoms with Crippen LogP contribution < -0.4 is 16.0 Å².